The van der Waals surface area contributed by atoms with Crippen molar-refractivity contribution in [3.05, 3.63) is 86.2 Å². The van der Waals surface area contributed by atoms with Gasteiger partial charge in [-0.1, -0.05) is 54.1 Å². The Hall–Kier alpha value is -3.05. The number of ether oxygens (including phenoxy) is 1. The van der Waals surface area contributed by atoms with Gasteiger partial charge >= 0.3 is 5.97 Å². The van der Waals surface area contributed by atoms with Crippen LogP contribution in [0, 0.1) is 0 Å². The van der Waals surface area contributed by atoms with Crippen LogP contribution in [0.5, 0.6) is 0 Å². The lowest BCUT2D eigenvalue weighted by atomic mass is 9.96. The molecule has 0 aliphatic carbocycles. The molecule has 1 atom stereocenters. The van der Waals surface area contributed by atoms with E-state index in [-0.39, 0.29) is 31.0 Å². The Labute approximate surface area is 210 Å². The Balaban J connectivity index is 1.39. The summed E-state index contributed by atoms with van der Waals surface area (Å²) in [6.07, 6.45) is 1.28. The van der Waals surface area contributed by atoms with Gasteiger partial charge in [0.25, 0.3) is 5.56 Å². The van der Waals surface area contributed by atoms with Crippen LogP contribution in [0.4, 0.5) is 0 Å². The van der Waals surface area contributed by atoms with Crippen LogP contribution in [0.3, 0.4) is 0 Å². The van der Waals surface area contributed by atoms with Crippen molar-refractivity contribution < 1.29 is 17.9 Å². The Morgan fingerprint density at radius 2 is 1.89 bits per heavy atom. The fourth-order valence-electron chi connectivity index (χ4n) is 4.22. The minimum Gasteiger partial charge on any atom is -0.456 e. The fourth-order valence-corrected chi connectivity index (χ4v) is 6.42. The molecule has 180 valence electrons. The van der Waals surface area contributed by atoms with Crippen molar-refractivity contribution >= 4 is 49.1 Å². The summed E-state index contributed by atoms with van der Waals surface area (Å²) in [4.78, 5) is 33.4. The molecule has 0 amide bonds. The summed E-state index contributed by atoms with van der Waals surface area (Å²) in [5.41, 5.74) is 2.78. The molecule has 0 saturated heterocycles. The van der Waals surface area contributed by atoms with E-state index in [2.05, 4.69) is 9.97 Å². The summed E-state index contributed by atoms with van der Waals surface area (Å²) < 4.78 is 31.3. The molecule has 4 aromatic rings. The first-order valence-electron chi connectivity index (χ1n) is 10.7. The largest absolute Gasteiger partial charge is 0.456 e. The summed E-state index contributed by atoms with van der Waals surface area (Å²) in [7, 11) is -3.66. The highest BCUT2D eigenvalue weighted by atomic mass is 35.5. The highest BCUT2D eigenvalue weighted by Crippen LogP contribution is 2.35. The minimum absolute atomic E-state index is 0.0931. The number of carbonyl (C=O) groups excluding carboxylic acids is 1. The first-order valence-corrected chi connectivity index (χ1v) is 13.8. The van der Waals surface area contributed by atoms with Crippen molar-refractivity contribution in [2.75, 3.05) is 6.26 Å². The SMILES string of the molecule is CS(=O)(=O)N1Cc2ccccc2CC1C(=O)OCc1nc2scc(-c3ccccc3Cl)c2c(=O)[nH]1. The standard InChI is InChI=1S/C24H20ClN3O5S2/c1-35(31,32)28-11-15-7-3-2-6-14(15)10-19(28)24(30)33-12-20-26-22(29)21-17(13-34-23(21)27-20)16-8-4-5-9-18(16)25/h2-9,13,19H,10-12H2,1H3,(H,26,27,29). The average Bonchev–Trinajstić information content (AvgIpc) is 3.26. The molecule has 8 nitrogen and oxygen atoms in total. The molecule has 1 unspecified atom stereocenters. The molecule has 5 rings (SSSR count). The van der Waals surface area contributed by atoms with E-state index < -0.39 is 22.0 Å². The van der Waals surface area contributed by atoms with E-state index in [0.717, 1.165) is 27.3 Å². The molecular formula is C24H20ClN3O5S2. The number of thiophene rings is 1. The smallest absolute Gasteiger partial charge is 0.325 e. The molecule has 0 radical (unpaired) electrons. The Bertz CT molecular complexity index is 1610. The van der Waals surface area contributed by atoms with Gasteiger partial charge in [0.15, 0.2) is 0 Å². The fraction of sp³-hybridized carbons (Fsp3) is 0.208. The maximum atomic E-state index is 13.0. The third-order valence-corrected chi connectivity index (χ3v) is 8.35. The number of halogens is 1. The van der Waals surface area contributed by atoms with Crippen molar-refractivity contribution in [3.8, 4) is 11.1 Å². The van der Waals surface area contributed by atoms with Crippen molar-refractivity contribution in [2.24, 2.45) is 0 Å². The first kappa shape index (κ1) is 23.7. The van der Waals surface area contributed by atoms with Gasteiger partial charge in [0.1, 0.15) is 23.3 Å². The van der Waals surface area contributed by atoms with Gasteiger partial charge in [-0.3, -0.25) is 9.59 Å². The second-order valence-electron chi connectivity index (χ2n) is 8.23. The summed E-state index contributed by atoms with van der Waals surface area (Å²) in [5.74, 6) is -0.527. The van der Waals surface area contributed by atoms with Gasteiger partial charge in [-0.2, -0.15) is 4.31 Å². The molecule has 2 aromatic carbocycles. The molecule has 0 spiro atoms. The molecule has 0 saturated carbocycles. The lowest BCUT2D eigenvalue weighted by molar-refractivity contribution is -0.150. The van der Waals surface area contributed by atoms with Crippen LogP contribution in [-0.2, 0) is 39.1 Å². The molecule has 0 bridgehead atoms. The molecule has 1 aliphatic rings. The maximum Gasteiger partial charge on any atom is 0.325 e. The topological polar surface area (TPSA) is 109 Å². The van der Waals surface area contributed by atoms with E-state index >= 15 is 0 Å². The predicted octanol–water partition coefficient (Wildman–Crippen LogP) is 3.73. The third kappa shape index (κ3) is 4.62. The second-order valence-corrected chi connectivity index (χ2v) is 11.4. The van der Waals surface area contributed by atoms with Crippen LogP contribution in [0.1, 0.15) is 17.0 Å². The molecule has 35 heavy (non-hydrogen) atoms. The van der Waals surface area contributed by atoms with E-state index in [4.69, 9.17) is 16.3 Å². The van der Waals surface area contributed by atoms with E-state index in [9.17, 15) is 18.0 Å². The summed E-state index contributed by atoms with van der Waals surface area (Å²) >= 11 is 7.59. The number of aromatic nitrogens is 2. The van der Waals surface area contributed by atoms with Gasteiger partial charge in [-0.25, -0.2) is 13.4 Å². The summed E-state index contributed by atoms with van der Waals surface area (Å²) in [6, 6.07) is 13.6. The number of hydrogen-bond acceptors (Lipinski definition) is 7. The van der Waals surface area contributed by atoms with Crippen LogP contribution in [-0.4, -0.2) is 41.0 Å². The van der Waals surface area contributed by atoms with Gasteiger partial charge in [-0.15, -0.1) is 11.3 Å². The van der Waals surface area contributed by atoms with Crippen LogP contribution in [0.15, 0.2) is 58.7 Å². The molecule has 3 heterocycles. The van der Waals surface area contributed by atoms with E-state index in [1.54, 1.807) is 6.07 Å². The van der Waals surface area contributed by atoms with E-state index in [0.29, 0.717) is 20.8 Å². The lowest BCUT2D eigenvalue weighted by Crippen LogP contribution is -2.48. The van der Waals surface area contributed by atoms with Crippen LogP contribution >= 0.6 is 22.9 Å². The van der Waals surface area contributed by atoms with Gasteiger partial charge in [0.05, 0.1) is 11.6 Å². The number of carbonyl (C=O) groups is 1. The Morgan fingerprint density at radius 1 is 1.17 bits per heavy atom. The molecule has 0 fully saturated rings. The number of sulfonamides is 1. The van der Waals surface area contributed by atoms with Crippen LogP contribution in [0.2, 0.25) is 5.02 Å². The number of esters is 1. The second kappa shape index (κ2) is 9.19. The van der Waals surface area contributed by atoms with E-state index in [1.165, 1.54) is 11.3 Å². The Kier molecular flexibility index (Phi) is 6.22. The number of aromatic amines is 1. The predicted molar refractivity (Wildman–Crippen MR) is 135 cm³/mol. The first-order chi connectivity index (χ1) is 16.7. The maximum absolute atomic E-state index is 13.0. The third-order valence-electron chi connectivity index (χ3n) is 5.91. The Morgan fingerprint density at radius 3 is 2.63 bits per heavy atom. The highest BCUT2D eigenvalue weighted by Gasteiger charge is 2.37. The summed E-state index contributed by atoms with van der Waals surface area (Å²) in [5, 5.41) is 2.74. The zero-order chi connectivity index (χ0) is 24.7. The van der Waals surface area contributed by atoms with Crippen molar-refractivity contribution in [2.45, 2.75) is 25.6 Å². The zero-order valence-electron chi connectivity index (χ0n) is 18.5. The van der Waals surface area contributed by atoms with Crippen molar-refractivity contribution in [3.63, 3.8) is 0 Å². The molecule has 2 aromatic heterocycles. The van der Waals surface area contributed by atoms with Crippen LogP contribution in [0.25, 0.3) is 21.3 Å². The van der Waals surface area contributed by atoms with Crippen molar-refractivity contribution in [1.82, 2.24) is 14.3 Å². The average molecular weight is 530 g/mol. The number of fused-ring (bicyclic) bond motifs is 2. The summed E-state index contributed by atoms with van der Waals surface area (Å²) in [6.45, 7) is -0.199. The number of rotatable bonds is 5. The van der Waals surface area contributed by atoms with Crippen LogP contribution < -0.4 is 5.56 Å². The quantitative estimate of drug-likeness (QED) is 0.394. The zero-order valence-corrected chi connectivity index (χ0v) is 20.9. The number of nitrogens with one attached hydrogen (secondary N) is 1. The number of hydrogen-bond donors (Lipinski definition) is 1. The normalized spacial score (nSPS) is 16.2. The highest BCUT2D eigenvalue weighted by molar-refractivity contribution is 7.88. The molecular weight excluding hydrogens is 510 g/mol. The molecule has 1 aliphatic heterocycles. The molecule has 1 N–H and O–H groups in total. The van der Waals surface area contributed by atoms with Gasteiger partial charge in [0, 0.05) is 34.5 Å². The number of nitrogens with zero attached hydrogens (tertiary/aromatic N) is 2. The number of benzene rings is 2. The van der Waals surface area contributed by atoms with E-state index in [1.807, 2.05) is 47.8 Å². The molecule has 11 heteroatoms. The van der Waals surface area contributed by atoms with Gasteiger partial charge in [0.2, 0.25) is 10.0 Å². The van der Waals surface area contributed by atoms with Crippen molar-refractivity contribution in [1.29, 1.82) is 0 Å². The minimum atomic E-state index is -3.66. The van der Waals surface area contributed by atoms with Gasteiger partial charge < -0.3 is 9.72 Å². The lowest BCUT2D eigenvalue weighted by Gasteiger charge is -2.33. The van der Waals surface area contributed by atoms with Gasteiger partial charge in [-0.05, 0) is 17.2 Å². The monoisotopic (exact) mass is 529 g/mol. The number of H-pyrrole nitrogens is 1.